The number of aryl methyl sites for hydroxylation is 2. The first kappa shape index (κ1) is 15.9. The number of thiazole rings is 1. The summed E-state index contributed by atoms with van der Waals surface area (Å²) in [6.07, 6.45) is 3.06. The van der Waals surface area contributed by atoms with E-state index in [0.717, 1.165) is 49.0 Å². The van der Waals surface area contributed by atoms with Gasteiger partial charge in [0.05, 0.1) is 17.7 Å². The van der Waals surface area contributed by atoms with Crippen molar-refractivity contribution >= 4 is 17.3 Å². The molecule has 21 heavy (non-hydrogen) atoms. The van der Waals surface area contributed by atoms with E-state index in [1.165, 1.54) is 4.88 Å². The molecule has 2 aromatic heterocycles. The van der Waals surface area contributed by atoms with Gasteiger partial charge in [0.25, 0.3) is 0 Å². The lowest BCUT2D eigenvalue weighted by Crippen LogP contribution is -2.21. The molecule has 0 aliphatic carbocycles. The summed E-state index contributed by atoms with van der Waals surface area (Å²) in [5.41, 5.74) is 5.17. The second-order valence-electron chi connectivity index (χ2n) is 5.17. The van der Waals surface area contributed by atoms with E-state index >= 15 is 0 Å². The minimum absolute atomic E-state index is 0.763. The van der Waals surface area contributed by atoms with Crippen molar-refractivity contribution in [3.63, 3.8) is 0 Å². The molecule has 0 radical (unpaired) electrons. The third-order valence-electron chi connectivity index (χ3n) is 3.38. The van der Waals surface area contributed by atoms with Gasteiger partial charge in [0, 0.05) is 35.9 Å². The van der Waals surface area contributed by atoms with E-state index in [9.17, 15) is 0 Å². The Bertz CT molecular complexity index is 581. The fourth-order valence-corrected chi connectivity index (χ4v) is 2.83. The van der Waals surface area contributed by atoms with Crippen LogP contribution in [-0.4, -0.2) is 28.5 Å². The second kappa shape index (κ2) is 7.47. The summed E-state index contributed by atoms with van der Waals surface area (Å²) in [5, 5.41) is 3.38. The van der Waals surface area contributed by atoms with Crippen LogP contribution in [-0.2, 0) is 13.1 Å². The maximum absolute atomic E-state index is 4.62. The fourth-order valence-electron chi connectivity index (χ4n) is 2.00. The van der Waals surface area contributed by atoms with Gasteiger partial charge < -0.3 is 10.2 Å². The normalized spacial score (nSPS) is 10.9. The topological polar surface area (TPSA) is 53.9 Å². The standard InChI is InChI=1S/C15H23N5S/c1-5-6-16-7-13-8-17-15(19-11(13)2)20(4)9-14-12(3)18-10-21-14/h8,10,16H,5-7,9H2,1-4H3. The Kier molecular flexibility index (Phi) is 5.64. The van der Waals surface area contributed by atoms with E-state index in [0.29, 0.717) is 0 Å². The Hall–Kier alpha value is -1.53. The van der Waals surface area contributed by atoms with Crippen LogP contribution in [0.5, 0.6) is 0 Å². The predicted molar refractivity (Wildman–Crippen MR) is 87.7 cm³/mol. The average molecular weight is 305 g/mol. The summed E-state index contributed by atoms with van der Waals surface area (Å²) >= 11 is 1.68. The van der Waals surface area contributed by atoms with E-state index in [-0.39, 0.29) is 0 Å². The van der Waals surface area contributed by atoms with Crippen LogP contribution in [0.15, 0.2) is 11.7 Å². The molecule has 0 aliphatic heterocycles. The highest BCUT2D eigenvalue weighted by molar-refractivity contribution is 7.09. The summed E-state index contributed by atoms with van der Waals surface area (Å²) in [6, 6.07) is 0. The number of hydrogen-bond acceptors (Lipinski definition) is 6. The maximum atomic E-state index is 4.62. The Morgan fingerprint density at radius 3 is 2.67 bits per heavy atom. The van der Waals surface area contributed by atoms with Crippen LogP contribution in [0.3, 0.4) is 0 Å². The van der Waals surface area contributed by atoms with Crippen LogP contribution in [0.4, 0.5) is 5.95 Å². The molecule has 0 amide bonds. The highest BCUT2D eigenvalue weighted by Crippen LogP contribution is 2.17. The van der Waals surface area contributed by atoms with Crippen molar-refractivity contribution in [2.45, 2.75) is 40.3 Å². The quantitative estimate of drug-likeness (QED) is 0.797. The molecule has 2 rings (SSSR count). The molecule has 0 aromatic carbocycles. The summed E-state index contributed by atoms with van der Waals surface area (Å²) < 4.78 is 0. The van der Waals surface area contributed by atoms with Gasteiger partial charge in [-0.2, -0.15) is 0 Å². The van der Waals surface area contributed by atoms with Gasteiger partial charge >= 0.3 is 0 Å². The zero-order valence-electron chi connectivity index (χ0n) is 13.2. The molecule has 5 nitrogen and oxygen atoms in total. The lowest BCUT2D eigenvalue weighted by atomic mass is 10.2. The van der Waals surface area contributed by atoms with Crippen LogP contribution in [0, 0.1) is 13.8 Å². The first-order valence-corrected chi connectivity index (χ1v) is 8.13. The van der Waals surface area contributed by atoms with E-state index in [1.54, 1.807) is 11.3 Å². The van der Waals surface area contributed by atoms with Gasteiger partial charge in [-0.3, -0.25) is 0 Å². The predicted octanol–water partition coefficient (Wildman–Crippen LogP) is 2.69. The molecule has 0 saturated heterocycles. The number of hydrogen-bond donors (Lipinski definition) is 1. The van der Waals surface area contributed by atoms with Gasteiger partial charge in [-0.05, 0) is 26.8 Å². The van der Waals surface area contributed by atoms with Crippen molar-refractivity contribution in [2.75, 3.05) is 18.5 Å². The first-order valence-electron chi connectivity index (χ1n) is 7.25. The molecule has 0 atom stereocenters. The van der Waals surface area contributed by atoms with Crippen LogP contribution in [0.1, 0.15) is 35.2 Å². The summed E-state index contributed by atoms with van der Waals surface area (Å²) in [5.74, 6) is 0.763. The van der Waals surface area contributed by atoms with E-state index < -0.39 is 0 Å². The number of anilines is 1. The molecule has 114 valence electrons. The van der Waals surface area contributed by atoms with E-state index in [2.05, 4.69) is 32.1 Å². The highest BCUT2D eigenvalue weighted by Gasteiger charge is 2.10. The summed E-state index contributed by atoms with van der Waals surface area (Å²) in [4.78, 5) is 16.7. The molecule has 0 spiro atoms. The Balaban J connectivity index is 2.03. The maximum Gasteiger partial charge on any atom is 0.225 e. The number of nitrogens with zero attached hydrogens (tertiary/aromatic N) is 4. The van der Waals surface area contributed by atoms with Crippen molar-refractivity contribution in [1.29, 1.82) is 0 Å². The smallest absolute Gasteiger partial charge is 0.225 e. The molecule has 1 N–H and O–H groups in total. The molecular weight excluding hydrogens is 282 g/mol. The Morgan fingerprint density at radius 1 is 1.24 bits per heavy atom. The molecule has 0 bridgehead atoms. The van der Waals surface area contributed by atoms with Crippen LogP contribution < -0.4 is 10.2 Å². The Labute approximate surface area is 130 Å². The summed E-state index contributed by atoms with van der Waals surface area (Å²) in [6.45, 7) is 8.89. The number of rotatable bonds is 7. The van der Waals surface area contributed by atoms with E-state index in [4.69, 9.17) is 0 Å². The molecule has 2 aromatic rings. The molecule has 6 heteroatoms. The molecule has 0 saturated carbocycles. The second-order valence-corrected chi connectivity index (χ2v) is 6.11. The van der Waals surface area contributed by atoms with Gasteiger partial charge in [0.2, 0.25) is 5.95 Å². The van der Waals surface area contributed by atoms with Crippen molar-refractivity contribution in [2.24, 2.45) is 0 Å². The zero-order valence-corrected chi connectivity index (χ0v) is 14.0. The van der Waals surface area contributed by atoms with Crippen LogP contribution >= 0.6 is 11.3 Å². The Morgan fingerprint density at radius 2 is 2.05 bits per heavy atom. The largest absolute Gasteiger partial charge is 0.339 e. The SMILES string of the molecule is CCCNCc1cnc(N(C)Cc2scnc2C)nc1C. The molecule has 0 unspecified atom stereocenters. The van der Waals surface area contributed by atoms with Gasteiger partial charge in [-0.1, -0.05) is 6.92 Å². The van der Waals surface area contributed by atoms with Crippen molar-refractivity contribution in [1.82, 2.24) is 20.3 Å². The molecule has 0 fully saturated rings. The van der Waals surface area contributed by atoms with Crippen molar-refractivity contribution in [3.05, 3.63) is 33.5 Å². The monoisotopic (exact) mass is 305 g/mol. The molecule has 2 heterocycles. The number of nitrogens with one attached hydrogen (secondary N) is 1. The van der Waals surface area contributed by atoms with Crippen LogP contribution in [0.2, 0.25) is 0 Å². The van der Waals surface area contributed by atoms with Crippen molar-refractivity contribution < 1.29 is 0 Å². The summed E-state index contributed by atoms with van der Waals surface area (Å²) in [7, 11) is 2.02. The van der Waals surface area contributed by atoms with E-state index in [1.807, 2.05) is 32.6 Å². The number of aromatic nitrogens is 3. The molecule has 0 aliphatic rings. The average Bonchev–Trinajstić information content (AvgIpc) is 2.86. The molecular formula is C15H23N5S. The minimum Gasteiger partial charge on any atom is -0.339 e. The van der Waals surface area contributed by atoms with Gasteiger partial charge in [-0.15, -0.1) is 11.3 Å². The zero-order chi connectivity index (χ0) is 15.2. The lowest BCUT2D eigenvalue weighted by molar-refractivity contribution is 0.667. The van der Waals surface area contributed by atoms with Gasteiger partial charge in [-0.25, -0.2) is 15.0 Å². The van der Waals surface area contributed by atoms with Crippen molar-refractivity contribution in [3.8, 4) is 0 Å². The fraction of sp³-hybridized carbons (Fsp3) is 0.533. The minimum atomic E-state index is 0.763. The third kappa shape index (κ3) is 4.22. The third-order valence-corrected chi connectivity index (χ3v) is 4.30. The van der Waals surface area contributed by atoms with Crippen LogP contribution in [0.25, 0.3) is 0 Å². The van der Waals surface area contributed by atoms with Gasteiger partial charge in [0.15, 0.2) is 0 Å². The van der Waals surface area contributed by atoms with Gasteiger partial charge in [0.1, 0.15) is 0 Å². The first-order chi connectivity index (χ1) is 10.1. The highest BCUT2D eigenvalue weighted by atomic mass is 32.1. The lowest BCUT2D eigenvalue weighted by Gasteiger charge is -2.17.